The molecular weight excluding hydrogens is 242 g/mol. The normalized spacial score (nSPS) is 18.9. The first-order chi connectivity index (χ1) is 8.83. The highest BCUT2D eigenvalue weighted by Crippen LogP contribution is 2.30. The first-order valence-electron chi connectivity index (χ1n) is 6.85. The van der Waals surface area contributed by atoms with Gasteiger partial charge in [-0.2, -0.15) is 0 Å². The number of carbonyl (C=O) groups is 1. The number of aryl methyl sites for hydroxylation is 1. The van der Waals surface area contributed by atoms with Crippen molar-refractivity contribution in [3.8, 4) is 0 Å². The van der Waals surface area contributed by atoms with Gasteiger partial charge in [0.2, 0.25) is 5.91 Å². The van der Waals surface area contributed by atoms with Gasteiger partial charge in [-0.3, -0.25) is 4.79 Å². The second-order valence-corrected chi connectivity index (χ2v) is 6.38. The van der Waals surface area contributed by atoms with Crippen molar-refractivity contribution in [1.29, 1.82) is 0 Å². The average molecular weight is 261 g/mol. The van der Waals surface area contributed by atoms with E-state index in [1.54, 1.807) is 0 Å². The Balaban J connectivity index is 1.60. The van der Waals surface area contributed by atoms with Gasteiger partial charge in [0.1, 0.15) is 0 Å². The third-order valence-electron chi connectivity index (χ3n) is 3.92. The molecule has 1 saturated carbocycles. The second-order valence-electron chi connectivity index (χ2n) is 5.24. The molecule has 0 aromatic heterocycles. The highest BCUT2D eigenvalue weighted by atomic mass is 32.2. The van der Waals surface area contributed by atoms with Gasteiger partial charge in [-0.05, 0) is 48.6 Å². The van der Waals surface area contributed by atoms with Gasteiger partial charge in [0.15, 0.2) is 0 Å². The van der Waals surface area contributed by atoms with E-state index in [4.69, 9.17) is 0 Å². The standard InChI is InChI=1S/C15H19NOS/c17-15(12-3-1-4-12)16-10-11-6-7-14-13(9-11)5-2-8-18-14/h6-7,9,12H,1-5,8,10H2,(H,16,17). The van der Waals surface area contributed by atoms with E-state index in [0.717, 1.165) is 12.8 Å². The lowest BCUT2D eigenvalue weighted by molar-refractivity contribution is -0.127. The van der Waals surface area contributed by atoms with Crippen LogP contribution < -0.4 is 5.32 Å². The van der Waals surface area contributed by atoms with Crippen LogP contribution in [-0.4, -0.2) is 11.7 Å². The van der Waals surface area contributed by atoms with Crippen LogP contribution in [0.5, 0.6) is 0 Å². The molecule has 1 heterocycles. The van der Waals surface area contributed by atoms with Crippen LogP contribution in [0.4, 0.5) is 0 Å². The van der Waals surface area contributed by atoms with E-state index in [1.807, 2.05) is 11.8 Å². The van der Waals surface area contributed by atoms with Crippen molar-refractivity contribution in [3.05, 3.63) is 29.3 Å². The quantitative estimate of drug-likeness (QED) is 0.905. The third kappa shape index (κ3) is 2.56. The number of rotatable bonds is 3. The maximum Gasteiger partial charge on any atom is 0.223 e. The van der Waals surface area contributed by atoms with Crippen LogP contribution in [0, 0.1) is 5.92 Å². The zero-order valence-corrected chi connectivity index (χ0v) is 11.4. The Morgan fingerprint density at radius 3 is 3.00 bits per heavy atom. The molecule has 96 valence electrons. The monoisotopic (exact) mass is 261 g/mol. The van der Waals surface area contributed by atoms with Crippen molar-refractivity contribution in [1.82, 2.24) is 5.32 Å². The van der Waals surface area contributed by atoms with Gasteiger partial charge in [-0.15, -0.1) is 11.8 Å². The van der Waals surface area contributed by atoms with Crippen LogP contribution in [0.3, 0.4) is 0 Å². The van der Waals surface area contributed by atoms with E-state index < -0.39 is 0 Å². The summed E-state index contributed by atoms with van der Waals surface area (Å²) in [5.74, 6) is 1.77. The molecule has 18 heavy (non-hydrogen) atoms. The molecule has 3 rings (SSSR count). The van der Waals surface area contributed by atoms with E-state index in [9.17, 15) is 4.79 Å². The minimum atomic E-state index is 0.244. The number of hydrogen-bond donors (Lipinski definition) is 1. The lowest BCUT2D eigenvalue weighted by atomic mass is 9.85. The van der Waals surface area contributed by atoms with Gasteiger partial charge in [-0.1, -0.05) is 18.6 Å². The molecule has 0 atom stereocenters. The van der Waals surface area contributed by atoms with E-state index in [1.165, 1.54) is 41.0 Å². The van der Waals surface area contributed by atoms with Crippen molar-refractivity contribution in [3.63, 3.8) is 0 Å². The highest BCUT2D eigenvalue weighted by Gasteiger charge is 2.24. The lowest BCUT2D eigenvalue weighted by Gasteiger charge is -2.24. The molecule has 0 radical (unpaired) electrons. The highest BCUT2D eigenvalue weighted by molar-refractivity contribution is 7.99. The van der Waals surface area contributed by atoms with Crippen LogP contribution in [-0.2, 0) is 17.8 Å². The molecule has 1 aliphatic heterocycles. The summed E-state index contributed by atoms with van der Waals surface area (Å²) in [6, 6.07) is 6.63. The molecule has 1 aromatic rings. The van der Waals surface area contributed by atoms with Gasteiger partial charge in [-0.25, -0.2) is 0 Å². The molecule has 3 heteroatoms. The fourth-order valence-electron chi connectivity index (χ4n) is 2.53. The van der Waals surface area contributed by atoms with Crippen molar-refractivity contribution in [2.75, 3.05) is 5.75 Å². The smallest absolute Gasteiger partial charge is 0.223 e. The van der Waals surface area contributed by atoms with E-state index in [-0.39, 0.29) is 11.8 Å². The Kier molecular flexibility index (Phi) is 3.59. The molecule has 0 saturated heterocycles. The topological polar surface area (TPSA) is 29.1 Å². The molecule has 0 bridgehead atoms. The predicted octanol–water partition coefficient (Wildman–Crippen LogP) is 3.14. The number of amides is 1. The van der Waals surface area contributed by atoms with Crippen molar-refractivity contribution >= 4 is 17.7 Å². The zero-order valence-electron chi connectivity index (χ0n) is 10.6. The fourth-order valence-corrected chi connectivity index (χ4v) is 3.55. The van der Waals surface area contributed by atoms with E-state index in [0.29, 0.717) is 6.54 Å². The van der Waals surface area contributed by atoms with Gasteiger partial charge in [0, 0.05) is 17.4 Å². The maximum atomic E-state index is 11.8. The Morgan fingerprint density at radius 1 is 1.33 bits per heavy atom. The Hall–Kier alpha value is -0.960. The summed E-state index contributed by atoms with van der Waals surface area (Å²) in [6.45, 7) is 0.688. The first-order valence-corrected chi connectivity index (χ1v) is 7.84. The van der Waals surface area contributed by atoms with Gasteiger partial charge < -0.3 is 5.32 Å². The van der Waals surface area contributed by atoms with Crippen LogP contribution in [0.1, 0.15) is 36.8 Å². The maximum absolute atomic E-state index is 11.8. The molecule has 1 amide bonds. The zero-order chi connectivity index (χ0) is 12.4. The van der Waals surface area contributed by atoms with Crippen molar-refractivity contribution < 1.29 is 4.79 Å². The van der Waals surface area contributed by atoms with E-state index >= 15 is 0 Å². The molecule has 1 N–H and O–H groups in total. The van der Waals surface area contributed by atoms with E-state index in [2.05, 4.69) is 23.5 Å². The molecule has 0 spiro atoms. The van der Waals surface area contributed by atoms with Gasteiger partial charge in [0.05, 0.1) is 0 Å². The number of thioether (sulfide) groups is 1. The third-order valence-corrected chi connectivity index (χ3v) is 5.12. The first kappa shape index (κ1) is 12.1. The Labute approximate surface area is 113 Å². The lowest BCUT2D eigenvalue weighted by Crippen LogP contribution is -2.33. The van der Waals surface area contributed by atoms with Gasteiger partial charge in [0.25, 0.3) is 0 Å². The number of hydrogen-bond acceptors (Lipinski definition) is 2. The Bertz CT molecular complexity index is 454. The van der Waals surface area contributed by atoms with Crippen molar-refractivity contribution in [2.24, 2.45) is 5.92 Å². The summed E-state index contributed by atoms with van der Waals surface area (Å²) in [5, 5.41) is 3.06. The summed E-state index contributed by atoms with van der Waals surface area (Å²) in [4.78, 5) is 13.2. The molecule has 1 aliphatic carbocycles. The molecule has 2 nitrogen and oxygen atoms in total. The molecule has 0 unspecified atom stereocenters. The average Bonchev–Trinajstić information content (AvgIpc) is 2.34. The molecule has 1 aromatic carbocycles. The summed E-state index contributed by atoms with van der Waals surface area (Å²) in [6.07, 6.45) is 5.83. The minimum Gasteiger partial charge on any atom is -0.352 e. The molecular formula is C15H19NOS. The fraction of sp³-hybridized carbons (Fsp3) is 0.533. The summed E-state index contributed by atoms with van der Waals surface area (Å²) in [5.41, 5.74) is 2.70. The number of nitrogens with one attached hydrogen (secondary N) is 1. The van der Waals surface area contributed by atoms with Crippen LogP contribution >= 0.6 is 11.8 Å². The van der Waals surface area contributed by atoms with Crippen LogP contribution in [0.2, 0.25) is 0 Å². The summed E-state index contributed by atoms with van der Waals surface area (Å²) < 4.78 is 0. The van der Waals surface area contributed by atoms with Crippen LogP contribution in [0.25, 0.3) is 0 Å². The van der Waals surface area contributed by atoms with Crippen LogP contribution in [0.15, 0.2) is 23.1 Å². The molecule has 1 fully saturated rings. The molecule has 2 aliphatic rings. The van der Waals surface area contributed by atoms with Gasteiger partial charge >= 0.3 is 0 Å². The van der Waals surface area contributed by atoms with Crippen molar-refractivity contribution in [2.45, 2.75) is 43.5 Å². The summed E-state index contributed by atoms with van der Waals surface area (Å²) >= 11 is 1.95. The number of fused-ring (bicyclic) bond motifs is 1. The predicted molar refractivity (Wildman–Crippen MR) is 74.7 cm³/mol. The second kappa shape index (κ2) is 5.35. The largest absolute Gasteiger partial charge is 0.352 e. The SMILES string of the molecule is O=C(NCc1ccc2c(c1)CCCS2)C1CCC1. The number of benzene rings is 1. The number of carbonyl (C=O) groups excluding carboxylic acids is 1. The summed E-state index contributed by atoms with van der Waals surface area (Å²) in [7, 11) is 0. The Morgan fingerprint density at radius 2 is 2.22 bits per heavy atom. The minimum absolute atomic E-state index is 0.244.